The second-order valence-electron chi connectivity index (χ2n) is 6.48. The van der Waals surface area contributed by atoms with Gasteiger partial charge in [-0.2, -0.15) is 0 Å². The van der Waals surface area contributed by atoms with Crippen molar-refractivity contribution in [2.75, 3.05) is 20.2 Å². The number of para-hydroxylation sites is 2. The Morgan fingerprint density at radius 1 is 1.17 bits per heavy atom. The van der Waals surface area contributed by atoms with Crippen molar-refractivity contribution in [2.45, 2.75) is 33.4 Å². The Kier molecular flexibility index (Phi) is 9.17. The van der Waals surface area contributed by atoms with E-state index >= 15 is 0 Å². The fourth-order valence-corrected chi connectivity index (χ4v) is 3.06. The van der Waals surface area contributed by atoms with Crippen molar-refractivity contribution < 1.29 is 4.74 Å². The third kappa shape index (κ3) is 6.31. The first-order chi connectivity index (χ1) is 13.7. The number of pyridine rings is 1. The fraction of sp³-hybridized carbons (Fsp3) is 0.381. The van der Waals surface area contributed by atoms with E-state index in [1.165, 1.54) is 5.52 Å². The van der Waals surface area contributed by atoms with Gasteiger partial charge in [-0.3, -0.25) is 0 Å². The minimum absolute atomic E-state index is 0. The summed E-state index contributed by atoms with van der Waals surface area (Å²) in [7, 11) is 1.61. The molecule has 0 aliphatic rings. The molecule has 0 spiro atoms. The minimum atomic E-state index is 0. The van der Waals surface area contributed by atoms with E-state index in [1.54, 1.807) is 13.3 Å². The van der Waals surface area contributed by atoms with Gasteiger partial charge in [-0.05, 0) is 38.0 Å². The highest BCUT2D eigenvalue weighted by Gasteiger charge is 2.06. The minimum Gasteiger partial charge on any atom is -0.481 e. The molecule has 0 amide bonds. The molecule has 156 valence electrons. The van der Waals surface area contributed by atoms with Gasteiger partial charge in [0.25, 0.3) is 0 Å². The summed E-state index contributed by atoms with van der Waals surface area (Å²) >= 11 is 0. The summed E-state index contributed by atoms with van der Waals surface area (Å²) in [4.78, 5) is 13.5. The second kappa shape index (κ2) is 11.6. The highest BCUT2D eigenvalue weighted by atomic mass is 127. The van der Waals surface area contributed by atoms with Crippen LogP contribution in [0.5, 0.6) is 5.88 Å². The van der Waals surface area contributed by atoms with Crippen molar-refractivity contribution in [1.29, 1.82) is 0 Å². The SMILES string of the molecule is CCNC(=NCc1ccc(OC)nc1)NCCCn1c(C)nc2ccccc21.I. The molecule has 2 N–H and O–H groups in total. The van der Waals surface area contributed by atoms with E-state index in [-0.39, 0.29) is 24.0 Å². The number of hydrogen-bond donors (Lipinski definition) is 2. The average Bonchev–Trinajstić information content (AvgIpc) is 3.04. The summed E-state index contributed by atoms with van der Waals surface area (Å²) in [6.07, 6.45) is 2.77. The van der Waals surface area contributed by atoms with Gasteiger partial charge in [0.2, 0.25) is 5.88 Å². The van der Waals surface area contributed by atoms with Gasteiger partial charge in [-0.1, -0.05) is 18.2 Å². The highest BCUT2D eigenvalue weighted by Crippen LogP contribution is 2.15. The Balaban J connectivity index is 0.00000300. The zero-order valence-electron chi connectivity index (χ0n) is 17.2. The van der Waals surface area contributed by atoms with Crippen molar-refractivity contribution >= 4 is 41.0 Å². The van der Waals surface area contributed by atoms with Crippen molar-refractivity contribution in [3.8, 4) is 5.88 Å². The Morgan fingerprint density at radius 3 is 2.72 bits per heavy atom. The number of aryl methyl sites for hydroxylation is 2. The number of rotatable bonds is 8. The number of halogens is 1. The molecule has 1 aromatic carbocycles. The van der Waals surface area contributed by atoms with Crippen molar-refractivity contribution in [3.05, 3.63) is 54.0 Å². The smallest absolute Gasteiger partial charge is 0.212 e. The molecule has 2 heterocycles. The lowest BCUT2D eigenvalue weighted by Gasteiger charge is -2.12. The van der Waals surface area contributed by atoms with Gasteiger partial charge in [0, 0.05) is 31.9 Å². The third-order valence-electron chi connectivity index (χ3n) is 4.47. The number of nitrogens with zero attached hydrogens (tertiary/aromatic N) is 4. The first kappa shape index (κ1) is 22.9. The number of aromatic nitrogens is 3. The number of methoxy groups -OCH3 is 1. The van der Waals surface area contributed by atoms with Crippen LogP contribution in [0.2, 0.25) is 0 Å². The van der Waals surface area contributed by atoms with E-state index in [1.807, 2.05) is 18.2 Å². The van der Waals surface area contributed by atoms with Gasteiger partial charge < -0.3 is 19.9 Å². The third-order valence-corrected chi connectivity index (χ3v) is 4.47. The van der Waals surface area contributed by atoms with E-state index in [9.17, 15) is 0 Å². The molecule has 0 radical (unpaired) electrons. The molecule has 0 atom stereocenters. The zero-order chi connectivity index (χ0) is 19.8. The van der Waals surface area contributed by atoms with E-state index in [2.05, 4.69) is 62.2 Å². The van der Waals surface area contributed by atoms with Crippen LogP contribution >= 0.6 is 24.0 Å². The molecule has 0 bridgehead atoms. The van der Waals surface area contributed by atoms with Crippen LogP contribution in [0.15, 0.2) is 47.6 Å². The number of fused-ring (bicyclic) bond motifs is 1. The van der Waals surface area contributed by atoms with Gasteiger partial charge in [-0.15, -0.1) is 24.0 Å². The molecule has 0 aliphatic heterocycles. The maximum atomic E-state index is 5.09. The lowest BCUT2D eigenvalue weighted by Crippen LogP contribution is -2.38. The summed E-state index contributed by atoms with van der Waals surface area (Å²) < 4.78 is 7.35. The number of ether oxygens (including phenoxy) is 1. The van der Waals surface area contributed by atoms with Crippen LogP contribution in [-0.2, 0) is 13.1 Å². The highest BCUT2D eigenvalue weighted by molar-refractivity contribution is 14.0. The summed E-state index contributed by atoms with van der Waals surface area (Å²) in [5.41, 5.74) is 3.28. The largest absolute Gasteiger partial charge is 0.481 e. The Hall–Kier alpha value is -2.36. The van der Waals surface area contributed by atoms with Gasteiger partial charge in [0.1, 0.15) is 5.82 Å². The lowest BCUT2D eigenvalue weighted by atomic mass is 10.3. The molecular weight excluding hydrogens is 479 g/mol. The van der Waals surface area contributed by atoms with E-state index < -0.39 is 0 Å². The molecule has 3 aromatic rings. The molecule has 29 heavy (non-hydrogen) atoms. The van der Waals surface area contributed by atoms with Gasteiger partial charge in [0.15, 0.2) is 5.96 Å². The number of guanidine groups is 1. The summed E-state index contributed by atoms with van der Waals surface area (Å²) in [5.74, 6) is 2.47. The molecule has 8 heteroatoms. The van der Waals surface area contributed by atoms with Crippen LogP contribution in [-0.4, -0.2) is 40.7 Å². The quantitative estimate of drug-likeness (QED) is 0.211. The zero-order valence-corrected chi connectivity index (χ0v) is 19.5. The summed E-state index contributed by atoms with van der Waals surface area (Å²) in [6.45, 7) is 7.25. The average molecular weight is 508 g/mol. The number of nitrogens with one attached hydrogen (secondary N) is 2. The van der Waals surface area contributed by atoms with E-state index in [4.69, 9.17) is 4.74 Å². The maximum Gasteiger partial charge on any atom is 0.212 e. The topological polar surface area (TPSA) is 76.4 Å². The first-order valence-electron chi connectivity index (χ1n) is 9.64. The monoisotopic (exact) mass is 508 g/mol. The Morgan fingerprint density at radius 2 is 2.00 bits per heavy atom. The van der Waals surface area contributed by atoms with Crippen molar-refractivity contribution in [1.82, 2.24) is 25.2 Å². The molecule has 0 saturated carbocycles. The van der Waals surface area contributed by atoms with Crippen molar-refractivity contribution in [3.63, 3.8) is 0 Å². The van der Waals surface area contributed by atoms with Gasteiger partial charge in [-0.25, -0.2) is 15.0 Å². The molecule has 0 unspecified atom stereocenters. The molecule has 3 rings (SSSR count). The van der Waals surface area contributed by atoms with Crippen LogP contribution in [0, 0.1) is 6.92 Å². The van der Waals surface area contributed by atoms with Crippen LogP contribution in [0.25, 0.3) is 11.0 Å². The number of imidazole rings is 1. The Bertz CT molecular complexity index is 923. The number of aliphatic imine (C=N–C) groups is 1. The fourth-order valence-electron chi connectivity index (χ4n) is 3.06. The number of benzene rings is 1. The van der Waals surface area contributed by atoms with E-state index in [0.29, 0.717) is 12.4 Å². The maximum absolute atomic E-state index is 5.09. The van der Waals surface area contributed by atoms with Gasteiger partial charge in [0.05, 0.1) is 24.7 Å². The van der Waals surface area contributed by atoms with Crippen molar-refractivity contribution in [2.24, 2.45) is 4.99 Å². The van der Waals surface area contributed by atoms with Crippen LogP contribution in [0.4, 0.5) is 0 Å². The molecule has 7 nitrogen and oxygen atoms in total. The Labute approximate surface area is 189 Å². The van der Waals surface area contributed by atoms with Crippen LogP contribution in [0.1, 0.15) is 24.7 Å². The molecule has 0 saturated heterocycles. The molecule has 0 aliphatic carbocycles. The first-order valence-corrected chi connectivity index (χ1v) is 9.64. The lowest BCUT2D eigenvalue weighted by molar-refractivity contribution is 0.397. The van der Waals surface area contributed by atoms with Gasteiger partial charge >= 0.3 is 0 Å². The summed E-state index contributed by atoms with van der Waals surface area (Å²) in [5, 5.41) is 6.69. The standard InChI is InChI=1S/C21H28N6O.HI/c1-4-22-21(25-15-17-10-11-20(28-3)24-14-17)23-12-7-13-27-16(2)26-18-8-5-6-9-19(18)27;/h5-6,8-11,14H,4,7,12-13,15H2,1-3H3,(H2,22,23,25);1H. The predicted octanol–water partition coefficient (Wildman–Crippen LogP) is 3.51. The summed E-state index contributed by atoms with van der Waals surface area (Å²) in [6, 6.07) is 12.1. The normalized spacial score (nSPS) is 11.2. The van der Waals surface area contributed by atoms with Crippen LogP contribution < -0.4 is 15.4 Å². The molecular formula is C21H29IN6O. The molecule has 0 fully saturated rings. The second-order valence-corrected chi connectivity index (χ2v) is 6.48. The predicted molar refractivity (Wildman–Crippen MR) is 128 cm³/mol. The van der Waals surface area contributed by atoms with Crippen LogP contribution in [0.3, 0.4) is 0 Å². The molecule has 2 aromatic heterocycles. The van der Waals surface area contributed by atoms with E-state index in [0.717, 1.165) is 48.9 Å². The number of hydrogen-bond acceptors (Lipinski definition) is 4.